The van der Waals surface area contributed by atoms with Crippen LogP contribution >= 0.6 is 0 Å². The molecule has 0 bridgehead atoms. The smallest absolute Gasteiger partial charge is 0.130 e. The minimum atomic E-state index is -0.289. The standard InChI is InChI=1S/C12H19FN2/c1-8(2)15(4)11-7-5-6-10(13)12(11)9(3)14/h5-9H,14H2,1-4H3. The van der Waals surface area contributed by atoms with Crippen molar-refractivity contribution >= 4 is 5.69 Å². The third kappa shape index (κ3) is 2.48. The van der Waals surface area contributed by atoms with Gasteiger partial charge in [-0.2, -0.15) is 0 Å². The normalized spacial score (nSPS) is 13.0. The quantitative estimate of drug-likeness (QED) is 0.831. The highest BCUT2D eigenvalue weighted by Crippen LogP contribution is 2.28. The van der Waals surface area contributed by atoms with Crippen LogP contribution in [-0.2, 0) is 0 Å². The van der Waals surface area contributed by atoms with E-state index in [4.69, 9.17) is 5.73 Å². The monoisotopic (exact) mass is 210 g/mol. The Morgan fingerprint density at radius 1 is 1.27 bits per heavy atom. The summed E-state index contributed by atoms with van der Waals surface area (Å²) < 4.78 is 13.6. The van der Waals surface area contributed by atoms with E-state index in [-0.39, 0.29) is 11.9 Å². The van der Waals surface area contributed by atoms with Crippen LogP contribution in [0.25, 0.3) is 0 Å². The van der Waals surface area contributed by atoms with Crippen LogP contribution in [0.4, 0.5) is 10.1 Å². The van der Waals surface area contributed by atoms with Crippen molar-refractivity contribution in [2.75, 3.05) is 11.9 Å². The largest absolute Gasteiger partial charge is 0.372 e. The van der Waals surface area contributed by atoms with Gasteiger partial charge in [-0.3, -0.25) is 0 Å². The highest BCUT2D eigenvalue weighted by molar-refractivity contribution is 5.55. The van der Waals surface area contributed by atoms with Gasteiger partial charge in [0, 0.05) is 30.4 Å². The number of benzene rings is 1. The van der Waals surface area contributed by atoms with E-state index in [2.05, 4.69) is 13.8 Å². The van der Waals surface area contributed by atoms with Crippen molar-refractivity contribution in [3.63, 3.8) is 0 Å². The second-order valence-corrected chi connectivity index (χ2v) is 4.17. The molecule has 0 heterocycles. The molecule has 1 unspecified atom stereocenters. The molecule has 2 nitrogen and oxygen atoms in total. The van der Waals surface area contributed by atoms with Crippen molar-refractivity contribution in [3.8, 4) is 0 Å². The minimum Gasteiger partial charge on any atom is -0.372 e. The average Bonchev–Trinajstić information content (AvgIpc) is 2.15. The number of nitrogens with zero attached hydrogens (tertiary/aromatic N) is 1. The van der Waals surface area contributed by atoms with E-state index in [0.29, 0.717) is 11.6 Å². The zero-order chi connectivity index (χ0) is 11.6. The topological polar surface area (TPSA) is 29.3 Å². The molecular formula is C12H19FN2. The number of rotatable bonds is 3. The minimum absolute atomic E-state index is 0.227. The maximum absolute atomic E-state index is 13.6. The first-order valence-corrected chi connectivity index (χ1v) is 5.22. The van der Waals surface area contributed by atoms with Crippen LogP contribution in [0.5, 0.6) is 0 Å². The summed E-state index contributed by atoms with van der Waals surface area (Å²) in [6.45, 7) is 5.93. The Kier molecular flexibility index (Phi) is 3.69. The predicted molar refractivity (Wildman–Crippen MR) is 62.5 cm³/mol. The maximum atomic E-state index is 13.6. The van der Waals surface area contributed by atoms with Crippen LogP contribution in [0, 0.1) is 5.82 Å². The molecule has 1 atom stereocenters. The third-order valence-corrected chi connectivity index (χ3v) is 2.64. The highest BCUT2D eigenvalue weighted by atomic mass is 19.1. The summed E-state index contributed by atoms with van der Waals surface area (Å²) in [5.74, 6) is -0.227. The van der Waals surface area contributed by atoms with Gasteiger partial charge in [0.05, 0.1) is 0 Å². The van der Waals surface area contributed by atoms with Crippen LogP contribution < -0.4 is 10.6 Å². The lowest BCUT2D eigenvalue weighted by Crippen LogP contribution is -2.28. The third-order valence-electron chi connectivity index (χ3n) is 2.64. The van der Waals surface area contributed by atoms with Crippen molar-refractivity contribution in [3.05, 3.63) is 29.6 Å². The first-order chi connectivity index (χ1) is 6.95. The molecule has 0 aliphatic heterocycles. The second-order valence-electron chi connectivity index (χ2n) is 4.17. The van der Waals surface area contributed by atoms with Gasteiger partial charge < -0.3 is 10.6 Å². The van der Waals surface area contributed by atoms with Crippen molar-refractivity contribution in [1.29, 1.82) is 0 Å². The summed E-state index contributed by atoms with van der Waals surface area (Å²) in [6, 6.07) is 5.11. The Balaban J connectivity index is 3.22. The molecule has 0 saturated carbocycles. The molecule has 3 heteroatoms. The Hall–Kier alpha value is -1.09. The van der Waals surface area contributed by atoms with Crippen LogP contribution in [0.3, 0.4) is 0 Å². The molecule has 84 valence electrons. The van der Waals surface area contributed by atoms with Gasteiger partial charge in [0.2, 0.25) is 0 Å². The SMILES string of the molecule is CC(N)c1c(F)cccc1N(C)C(C)C. The first kappa shape index (κ1) is 12.0. The van der Waals surface area contributed by atoms with Crippen molar-refractivity contribution in [1.82, 2.24) is 0 Å². The summed E-state index contributed by atoms with van der Waals surface area (Å²) in [6.07, 6.45) is 0. The van der Waals surface area contributed by atoms with E-state index < -0.39 is 0 Å². The number of hydrogen-bond acceptors (Lipinski definition) is 2. The molecule has 0 amide bonds. The lowest BCUT2D eigenvalue weighted by molar-refractivity contribution is 0.590. The Morgan fingerprint density at radius 3 is 2.33 bits per heavy atom. The Morgan fingerprint density at radius 2 is 1.87 bits per heavy atom. The van der Waals surface area contributed by atoms with E-state index in [1.165, 1.54) is 6.07 Å². The number of hydrogen-bond donors (Lipinski definition) is 1. The van der Waals surface area contributed by atoms with Crippen molar-refractivity contribution in [2.45, 2.75) is 32.9 Å². The van der Waals surface area contributed by atoms with Crippen LogP contribution in [-0.4, -0.2) is 13.1 Å². The van der Waals surface area contributed by atoms with Gasteiger partial charge in [0.1, 0.15) is 5.82 Å². The van der Waals surface area contributed by atoms with E-state index in [0.717, 1.165) is 5.69 Å². The zero-order valence-corrected chi connectivity index (χ0v) is 9.79. The predicted octanol–water partition coefficient (Wildman–Crippen LogP) is 2.69. The molecule has 1 aromatic carbocycles. The number of nitrogens with two attached hydrogens (primary N) is 1. The molecule has 0 radical (unpaired) electrons. The molecule has 0 aromatic heterocycles. The summed E-state index contributed by atoms with van der Waals surface area (Å²) in [5.41, 5.74) is 7.25. The lowest BCUT2D eigenvalue weighted by atomic mass is 10.0. The summed E-state index contributed by atoms with van der Waals surface area (Å²) >= 11 is 0. The first-order valence-electron chi connectivity index (χ1n) is 5.22. The Labute approximate surface area is 90.9 Å². The number of anilines is 1. The van der Waals surface area contributed by atoms with E-state index in [1.54, 1.807) is 13.0 Å². The van der Waals surface area contributed by atoms with Crippen molar-refractivity contribution < 1.29 is 4.39 Å². The molecule has 1 aromatic rings. The van der Waals surface area contributed by atoms with Gasteiger partial charge in [0.25, 0.3) is 0 Å². The molecule has 0 aliphatic rings. The molecule has 1 rings (SSSR count). The second kappa shape index (κ2) is 4.62. The van der Waals surface area contributed by atoms with Crippen LogP contribution in [0.15, 0.2) is 18.2 Å². The molecule has 15 heavy (non-hydrogen) atoms. The van der Waals surface area contributed by atoms with Gasteiger partial charge in [-0.25, -0.2) is 4.39 Å². The van der Waals surface area contributed by atoms with Crippen molar-refractivity contribution in [2.24, 2.45) is 5.73 Å². The lowest BCUT2D eigenvalue weighted by Gasteiger charge is -2.27. The van der Waals surface area contributed by atoms with E-state index in [9.17, 15) is 4.39 Å². The number of halogens is 1. The fourth-order valence-corrected chi connectivity index (χ4v) is 1.56. The van der Waals surface area contributed by atoms with E-state index in [1.807, 2.05) is 18.0 Å². The fraction of sp³-hybridized carbons (Fsp3) is 0.500. The van der Waals surface area contributed by atoms with Crippen LogP contribution in [0.1, 0.15) is 32.4 Å². The van der Waals surface area contributed by atoms with Crippen LogP contribution in [0.2, 0.25) is 0 Å². The summed E-state index contributed by atoms with van der Waals surface area (Å²) in [5, 5.41) is 0. The molecule has 0 aliphatic carbocycles. The average molecular weight is 210 g/mol. The van der Waals surface area contributed by atoms with E-state index >= 15 is 0 Å². The van der Waals surface area contributed by atoms with Gasteiger partial charge in [-0.05, 0) is 32.9 Å². The Bertz CT molecular complexity index is 334. The fourth-order valence-electron chi connectivity index (χ4n) is 1.56. The molecule has 0 spiro atoms. The van der Waals surface area contributed by atoms with Gasteiger partial charge in [-0.15, -0.1) is 0 Å². The molecule has 0 fully saturated rings. The zero-order valence-electron chi connectivity index (χ0n) is 9.79. The van der Waals surface area contributed by atoms with Gasteiger partial charge in [0.15, 0.2) is 0 Å². The maximum Gasteiger partial charge on any atom is 0.130 e. The molecule has 2 N–H and O–H groups in total. The highest BCUT2D eigenvalue weighted by Gasteiger charge is 2.16. The molecule has 0 saturated heterocycles. The molecular weight excluding hydrogens is 191 g/mol. The van der Waals surface area contributed by atoms with Gasteiger partial charge in [-0.1, -0.05) is 6.07 Å². The summed E-state index contributed by atoms with van der Waals surface area (Å²) in [4.78, 5) is 2.03. The van der Waals surface area contributed by atoms with Gasteiger partial charge >= 0.3 is 0 Å². The summed E-state index contributed by atoms with van der Waals surface area (Å²) in [7, 11) is 1.95.